The Bertz CT molecular complexity index is 273. The van der Waals surface area contributed by atoms with E-state index in [1.165, 1.54) is 0 Å². The van der Waals surface area contributed by atoms with Crippen molar-refractivity contribution >= 4 is 9.84 Å². The predicted octanol–water partition coefficient (Wildman–Crippen LogP) is 0.952. The highest BCUT2D eigenvalue weighted by molar-refractivity contribution is 7.91. The predicted molar refractivity (Wildman–Crippen MR) is 67.3 cm³/mol. The van der Waals surface area contributed by atoms with Gasteiger partial charge in [0.15, 0.2) is 9.84 Å². The quantitative estimate of drug-likeness (QED) is 0.599. The van der Waals surface area contributed by atoms with Crippen LogP contribution in [0.1, 0.15) is 40.0 Å². The molecular weight excluding hydrogens is 226 g/mol. The second-order valence-corrected chi connectivity index (χ2v) is 6.88. The van der Waals surface area contributed by atoms with Gasteiger partial charge in [-0.3, -0.25) is 0 Å². The molecular formula is C11H25NO3S. The van der Waals surface area contributed by atoms with Crippen molar-refractivity contribution in [2.75, 3.05) is 24.6 Å². The van der Waals surface area contributed by atoms with E-state index >= 15 is 0 Å². The van der Waals surface area contributed by atoms with Crippen LogP contribution in [0, 0.1) is 0 Å². The molecule has 0 radical (unpaired) electrons. The standard InChI is InChI=1S/C11H25NO3S/c1-4-6-11(3,13)10-12-7-9-16(14,15)8-5-2/h12-13H,4-10H2,1-3H3. The zero-order valence-corrected chi connectivity index (χ0v) is 11.4. The molecule has 2 N–H and O–H groups in total. The summed E-state index contributed by atoms with van der Waals surface area (Å²) < 4.78 is 22.8. The van der Waals surface area contributed by atoms with E-state index in [2.05, 4.69) is 5.32 Å². The average Bonchev–Trinajstić information content (AvgIpc) is 2.12. The molecule has 0 amide bonds. The summed E-state index contributed by atoms with van der Waals surface area (Å²) in [6, 6.07) is 0. The van der Waals surface area contributed by atoms with Crippen molar-refractivity contribution in [3.8, 4) is 0 Å². The van der Waals surface area contributed by atoms with Crippen molar-refractivity contribution in [1.82, 2.24) is 5.32 Å². The summed E-state index contributed by atoms with van der Waals surface area (Å²) in [4.78, 5) is 0. The van der Waals surface area contributed by atoms with Crippen molar-refractivity contribution in [1.29, 1.82) is 0 Å². The van der Waals surface area contributed by atoms with Gasteiger partial charge in [0.2, 0.25) is 0 Å². The van der Waals surface area contributed by atoms with Crippen LogP contribution in [-0.2, 0) is 9.84 Å². The third-order valence-corrected chi connectivity index (χ3v) is 4.26. The molecule has 98 valence electrons. The molecule has 0 saturated carbocycles. The fraction of sp³-hybridized carbons (Fsp3) is 1.00. The zero-order valence-electron chi connectivity index (χ0n) is 10.6. The molecule has 16 heavy (non-hydrogen) atoms. The number of aliphatic hydroxyl groups is 1. The number of sulfone groups is 1. The van der Waals surface area contributed by atoms with Crippen LogP contribution in [0.4, 0.5) is 0 Å². The molecule has 0 aromatic rings. The lowest BCUT2D eigenvalue weighted by Crippen LogP contribution is -2.39. The SMILES string of the molecule is CCCC(C)(O)CNCCS(=O)(=O)CCC. The topological polar surface area (TPSA) is 66.4 Å². The first kappa shape index (κ1) is 15.9. The van der Waals surface area contributed by atoms with Gasteiger partial charge in [0.05, 0.1) is 11.4 Å². The number of hydrogen-bond acceptors (Lipinski definition) is 4. The number of rotatable bonds is 9. The minimum atomic E-state index is -2.91. The zero-order chi connectivity index (χ0) is 12.7. The molecule has 0 aliphatic heterocycles. The van der Waals surface area contributed by atoms with Crippen molar-refractivity contribution in [3.63, 3.8) is 0 Å². The second-order valence-electron chi connectivity index (χ2n) is 4.58. The lowest BCUT2D eigenvalue weighted by atomic mass is 10.0. The van der Waals surface area contributed by atoms with Gasteiger partial charge < -0.3 is 10.4 Å². The fourth-order valence-corrected chi connectivity index (χ4v) is 2.91. The summed E-state index contributed by atoms with van der Waals surface area (Å²) in [5.74, 6) is 0.406. The van der Waals surface area contributed by atoms with Gasteiger partial charge in [-0.15, -0.1) is 0 Å². The summed E-state index contributed by atoms with van der Waals surface area (Å²) in [7, 11) is -2.91. The third-order valence-electron chi connectivity index (χ3n) is 2.40. The molecule has 1 unspecified atom stereocenters. The maximum absolute atomic E-state index is 11.4. The van der Waals surface area contributed by atoms with Gasteiger partial charge in [-0.25, -0.2) is 8.42 Å². The van der Waals surface area contributed by atoms with Gasteiger partial charge in [0.1, 0.15) is 0 Å². The largest absolute Gasteiger partial charge is 0.389 e. The van der Waals surface area contributed by atoms with Gasteiger partial charge >= 0.3 is 0 Å². The molecule has 0 saturated heterocycles. The summed E-state index contributed by atoms with van der Waals surface area (Å²) in [5.41, 5.74) is -0.733. The van der Waals surface area contributed by atoms with E-state index in [1.807, 2.05) is 13.8 Å². The smallest absolute Gasteiger partial charge is 0.151 e. The van der Waals surface area contributed by atoms with Crippen LogP contribution in [0.3, 0.4) is 0 Å². The molecule has 0 bridgehead atoms. The minimum absolute atomic E-state index is 0.156. The molecule has 4 nitrogen and oxygen atoms in total. The van der Waals surface area contributed by atoms with Crippen LogP contribution < -0.4 is 5.32 Å². The number of nitrogens with one attached hydrogen (secondary N) is 1. The highest BCUT2D eigenvalue weighted by atomic mass is 32.2. The first-order valence-corrected chi connectivity index (χ1v) is 7.78. The first-order valence-electron chi connectivity index (χ1n) is 5.96. The highest BCUT2D eigenvalue weighted by Gasteiger charge is 2.18. The normalized spacial score (nSPS) is 16.0. The van der Waals surface area contributed by atoms with Crippen molar-refractivity contribution in [3.05, 3.63) is 0 Å². The maximum atomic E-state index is 11.4. The van der Waals surface area contributed by atoms with Crippen molar-refractivity contribution in [2.45, 2.75) is 45.6 Å². The molecule has 0 aromatic heterocycles. The van der Waals surface area contributed by atoms with E-state index < -0.39 is 15.4 Å². The third kappa shape index (κ3) is 8.07. The van der Waals surface area contributed by atoms with Gasteiger partial charge in [0.25, 0.3) is 0 Å². The molecule has 0 rings (SSSR count). The van der Waals surface area contributed by atoms with Crippen LogP contribution in [0.25, 0.3) is 0 Å². The van der Waals surface area contributed by atoms with E-state index in [-0.39, 0.29) is 11.5 Å². The lowest BCUT2D eigenvalue weighted by Gasteiger charge is -2.22. The Morgan fingerprint density at radius 3 is 2.31 bits per heavy atom. The van der Waals surface area contributed by atoms with Crippen molar-refractivity contribution < 1.29 is 13.5 Å². The van der Waals surface area contributed by atoms with E-state index in [0.29, 0.717) is 19.5 Å². The molecule has 5 heteroatoms. The van der Waals surface area contributed by atoms with Gasteiger partial charge in [0, 0.05) is 18.8 Å². The Hall–Kier alpha value is -0.130. The molecule has 0 spiro atoms. The van der Waals surface area contributed by atoms with E-state index in [1.54, 1.807) is 6.92 Å². The molecule has 0 aliphatic rings. The van der Waals surface area contributed by atoms with Gasteiger partial charge in [-0.05, 0) is 19.8 Å². The molecule has 0 aliphatic carbocycles. The van der Waals surface area contributed by atoms with E-state index in [0.717, 1.165) is 12.8 Å². The minimum Gasteiger partial charge on any atom is -0.389 e. The van der Waals surface area contributed by atoms with E-state index in [9.17, 15) is 13.5 Å². The summed E-state index contributed by atoms with van der Waals surface area (Å²) in [5, 5.41) is 12.8. The van der Waals surface area contributed by atoms with Crippen LogP contribution >= 0.6 is 0 Å². The summed E-state index contributed by atoms with van der Waals surface area (Å²) in [6.45, 7) is 6.51. The molecule has 0 fully saturated rings. The summed E-state index contributed by atoms with van der Waals surface area (Å²) >= 11 is 0. The Labute approximate surface area is 99.4 Å². The average molecular weight is 251 g/mol. The lowest BCUT2D eigenvalue weighted by molar-refractivity contribution is 0.0507. The Morgan fingerprint density at radius 1 is 1.19 bits per heavy atom. The summed E-state index contributed by atoms with van der Waals surface area (Å²) in [6.07, 6.45) is 2.31. The molecule has 1 atom stereocenters. The Morgan fingerprint density at radius 2 is 1.81 bits per heavy atom. The molecule has 0 heterocycles. The van der Waals surface area contributed by atoms with Gasteiger partial charge in [-0.2, -0.15) is 0 Å². The van der Waals surface area contributed by atoms with Crippen LogP contribution in [0.5, 0.6) is 0 Å². The second kappa shape index (κ2) is 7.25. The first-order chi connectivity index (χ1) is 7.33. The van der Waals surface area contributed by atoms with Crippen LogP contribution in [-0.4, -0.2) is 43.7 Å². The van der Waals surface area contributed by atoms with E-state index in [4.69, 9.17) is 0 Å². The Balaban J connectivity index is 3.76. The maximum Gasteiger partial charge on any atom is 0.151 e. The Kier molecular flexibility index (Phi) is 7.19. The van der Waals surface area contributed by atoms with Crippen LogP contribution in [0.2, 0.25) is 0 Å². The van der Waals surface area contributed by atoms with Gasteiger partial charge in [-0.1, -0.05) is 20.3 Å². The number of hydrogen-bond donors (Lipinski definition) is 2. The molecule has 0 aromatic carbocycles. The highest BCUT2D eigenvalue weighted by Crippen LogP contribution is 2.09. The van der Waals surface area contributed by atoms with Crippen molar-refractivity contribution in [2.24, 2.45) is 0 Å². The monoisotopic (exact) mass is 251 g/mol. The fourth-order valence-electron chi connectivity index (χ4n) is 1.63. The van der Waals surface area contributed by atoms with Crippen LogP contribution in [0.15, 0.2) is 0 Å².